The molecule has 0 aliphatic heterocycles. The Hall–Kier alpha value is -1.59. The third-order valence-electron chi connectivity index (χ3n) is 3.05. The van der Waals surface area contributed by atoms with E-state index in [1.165, 1.54) is 4.90 Å². The quantitative estimate of drug-likeness (QED) is 0.846. The highest BCUT2D eigenvalue weighted by atomic mass is 35.5. The molecular formula is C14H19ClN2O3. The van der Waals surface area contributed by atoms with Crippen molar-refractivity contribution in [3.63, 3.8) is 0 Å². The van der Waals surface area contributed by atoms with Gasteiger partial charge in [-0.25, -0.2) is 0 Å². The highest BCUT2D eigenvalue weighted by Gasteiger charge is 2.22. The number of hydrogen-bond acceptors (Lipinski definition) is 3. The van der Waals surface area contributed by atoms with Crippen molar-refractivity contribution in [2.24, 2.45) is 0 Å². The zero-order valence-corrected chi connectivity index (χ0v) is 12.6. The van der Waals surface area contributed by atoms with E-state index in [-0.39, 0.29) is 12.5 Å². The number of carbonyl (C=O) groups excluding carboxylic acids is 1. The molecule has 5 nitrogen and oxygen atoms in total. The van der Waals surface area contributed by atoms with E-state index in [9.17, 15) is 9.59 Å². The second-order valence-corrected chi connectivity index (χ2v) is 5.10. The van der Waals surface area contributed by atoms with Gasteiger partial charge >= 0.3 is 5.97 Å². The van der Waals surface area contributed by atoms with Gasteiger partial charge in [0.05, 0.1) is 6.54 Å². The molecule has 0 heterocycles. The van der Waals surface area contributed by atoms with Gasteiger partial charge in [-0.3, -0.25) is 14.5 Å². The number of nitrogens with one attached hydrogen (secondary N) is 1. The first-order valence-corrected chi connectivity index (χ1v) is 6.72. The lowest BCUT2D eigenvalue weighted by Gasteiger charge is -2.22. The Morgan fingerprint density at radius 1 is 1.45 bits per heavy atom. The maximum absolute atomic E-state index is 11.9. The van der Waals surface area contributed by atoms with Crippen molar-refractivity contribution >= 4 is 29.2 Å². The molecule has 1 aromatic carbocycles. The van der Waals surface area contributed by atoms with Crippen LogP contribution >= 0.6 is 11.6 Å². The number of rotatable bonds is 6. The summed E-state index contributed by atoms with van der Waals surface area (Å²) in [5.41, 5.74) is 1.53. The maximum atomic E-state index is 11.9. The van der Waals surface area contributed by atoms with Crippen molar-refractivity contribution in [2.75, 3.05) is 18.9 Å². The molecule has 0 aliphatic rings. The van der Waals surface area contributed by atoms with Crippen molar-refractivity contribution in [1.82, 2.24) is 4.90 Å². The minimum Gasteiger partial charge on any atom is -0.480 e. The lowest BCUT2D eigenvalue weighted by molar-refractivity contribution is -0.143. The Balaban J connectivity index is 2.63. The van der Waals surface area contributed by atoms with Crippen LogP contribution in [0.2, 0.25) is 5.02 Å². The Labute approximate surface area is 123 Å². The van der Waals surface area contributed by atoms with Crippen LogP contribution in [-0.2, 0) is 9.59 Å². The average molecular weight is 299 g/mol. The molecule has 1 rings (SSSR count). The van der Waals surface area contributed by atoms with Crippen LogP contribution in [0.25, 0.3) is 0 Å². The first-order chi connectivity index (χ1) is 9.35. The predicted octanol–water partition coefficient (Wildman–Crippen LogP) is 2.38. The van der Waals surface area contributed by atoms with E-state index in [1.807, 2.05) is 13.0 Å². The van der Waals surface area contributed by atoms with Gasteiger partial charge in [-0.1, -0.05) is 24.6 Å². The molecule has 0 spiro atoms. The monoisotopic (exact) mass is 298 g/mol. The SMILES string of the molecule is CCC(C(=O)O)N(C)CC(=O)Nc1ccc(C)c(Cl)c1. The Morgan fingerprint density at radius 2 is 2.10 bits per heavy atom. The zero-order chi connectivity index (χ0) is 15.3. The average Bonchev–Trinajstić information content (AvgIpc) is 2.34. The van der Waals surface area contributed by atoms with Crippen LogP contribution in [0.4, 0.5) is 5.69 Å². The third kappa shape index (κ3) is 4.51. The van der Waals surface area contributed by atoms with Gasteiger partial charge in [-0.05, 0) is 38.1 Å². The number of carboxylic acids is 1. The summed E-state index contributed by atoms with van der Waals surface area (Å²) < 4.78 is 0. The fourth-order valence-electron chi connectivity index (χ4n) is 1.88. The molecule has 1 aromatic rings. The highest BCUT2D eigenvalue weighted by Crippen LogP contribution is 2.19. The van der Waals surface area contributed by atoms with Gasteiger partial charge < -0.3 is 10.4 Å². The van der Waals surface area contributed by atoms with E-state index in [4.69, 9.17) is 16.7 Å². The van der Waals surface area contributed by atoms with Crippen LogP contribution in [0, 0.1) is 6.92 Å². The molecule has 6 heteroatoms. The second kappa shape index (κ2) is 7.26. The van der Waals surface area contributed by atoms with Crippen LogP contribution in [0.1, 0.15) is 18.9 Å². The van der Waals surface area contributed by atoms with Crippen LogP contribution in [-0.4, -0.2) is 41.5 Å². The zero-order valence-electron chi connectivity index (χ0n) is 11.8. The molecule has 1 atom stereocenters. The predicted molar refractivity (Wildman–Crippen MR) is 79.2 cm³/mol. The summed E-state index contributed by atoms with van der Waals surface area (Å²) in [7, 11) is 1.62. The van der Waals surface area contributed by atoms with Crippen LogP contribution in [0.15, 0.2) is 18.2 Å². The van der Waals surface area contributed by atoms with Gasteiger partial charge in [0.1, 0.15) is 6.04 Å². The van der Waals surface area contributed by atoms with E-state index in [2.05, 4.69) is 5.32 Å². The molecule has 0 aliphatic carbocycles. The molecule has 0 radical (unpaired) electrons. The van der Waals surface area contributed by atoms with Gasteiger partial charge in [0.2, 0.25) is 5.91 Å². The minimum absolute atomic E-state index is 0.0102. The molecule has 1 unspecified atom stereocenters. The van der Waals surface area contributed by atoms with Gasteiger partial charge in [0.15, 0.2) is 0 Å². The Bertz CT molecular complexity index is 505. The summed E-state index contributed by atoms with van der Waals surface area (Å²) in [5.74, 6) is -1.20. The number of aliphatic carboxylic acids is 1. The molecule has 110 valence electrons. The van der Waals surface area contributed by atoms with Crippen molar-refractivity contribution in [3.05, 3.63) is 28.8 Å². The number of carboxylic acid groups (broad SMARTS) is 1. The number of aryl methyl sites for hydroxylation is 1. The van der Waals surface area contributed by atoms with E-state index in [1.54, 1.807) is 26.1 Å². The fourth-order valence-corrected chi connectivity index (χ4v) is 2.06. The smallest absolute Gasteiger partial charge is 0.320 e. The number of hydrogen-bond donors (Lipinski definition) is 2. The molecule has 0 aromatic heterocycles. The summed E-state index contributed by atoms with van der Waals surface area (Å²) in [6.45, 7) is 3.66. The van der Waals surface area contributed by atoms with E-state index < -0.39 is 12.0 Å². The number of nitrogens with zero attached hydrogens (tertiary/aromatic N) is 1. The number of carbonyl (C=O) groups is 2. The lowest BCUT2D eigenvalue weighted by atomic mass is 10.2. The molecule has 20 heavy (non-hydrogen) atoms. The summed E-state index contributed by atoms with van der Waals surface area (Å²) in [4.78, 5) is 24.4. The minimum atomic E-state index is -0.929. The molecular weight excluding hydrogens is 280 g/mol. The summed E-state index contributed by atoms with van der Waals surface area (Å²) in [5, 5.41) is 12.3. The molecule has 1 amide bonds. The first-order valence-electron chi connectivity index (χ1n) is 6.34. The molecule has 0 fully saturated rings. The maximum Gasteiger partial charge on any atom is 0.320 e. The van der Waals surface area contributed by atoms with E-state index >= 15 is 0 Å². The summed E-state index contributed by atoms with van der Waals surface area (Å²) >= 11 is 5.98. The lowest BCUT2D eigenvalue weighted by Crippen LogP contribution is -2.42. The van der Waals surface area contributed by atoms with Crippen molar-refractivity contribution in [1.29, 1.82) is 0 Å². The largest absolute Gasteiger partial charge is 0.480 e. The van der Waals surface area contributed by atoms with Gasteiger partial charge in [0.25, 0.3) is 0 Å². The fraction of sp³-hybridized carbons (Fsp3) is 0.429. The van der Waals surface area contributed by atoms with Crippen LogP contribution in [0.5, 0.6) is 0 Å². The van der Waals surface area contributed by atoms with Crippen LogP contribution < -0.4 is 5.32 Å². The Kier molecular flexibility index (Phi) is 5.98. The van der Waals surface area contributed by atoms with E-state index in [0.717, 1.165) is 5.56 Å². The topological polar surface area (TPSA) is 69.6 Å². The standard InChI is InChI=1S/C14H19ClN2O3/c1-4-12(14(19)20)17(3)8-13(18)16-10-6-5-9(2)11(15)7-10/h5-7,12H,4,8H2,1-3H3,(H,16,18)(H,19,20). The first kappa shape index (κ1) is 16.5. The summed E-state index contributed by atoms with van der Waals surface area (Å²) in [6, 6.07) is 4.58. The van der Waals surface area contributed by atoms with E-state index in [0.29, 0.717) is 17.1 Å². The number of anilines is 1. The van der Waals surface area contributed by atoms with Gasteiger partial charge in [0, 0.05) is 10.7 Å². The van der Waals surface area contributed by atoms with Crippen LogP contribution in [0.3, 0.4) is 0 Å². The van der Waals surface area contributed by atoms with Gasteiger partial charge in [-0.15, -0.1) is 0 Å². The Morgan fingerprint density at radius 3 is 2.60 bits per heavy atom. The third-order valence-corrected chi connectivity index (χ3v) is 3.46. The number of amides is 1. The molecule has 0 saturated heterocycles. The molecule has 0 saturated carbocycles. The highest BCUT2D eigenvalue weighted by molar-refractivity contribution is 6.31. The number of benzene rings is 1. The second-order valence-electron chi connectivity index (χ2n) is 4.69. The van der Waals surface area contributed by atoms with Crippen molar-refractivity contribution in [3.8, 4) is 0 Å². The van der Waals surface area contributed by atoms with Crippen molar-refractivity contribution < 1.29 is 14.7 Å². The molecule has 2 N–H and O–H groups in total. The molecule has 0 bridgehead atoms. The van der Waals surface area contributed by atoms with Crippen molar-refractivity contribution in [2.45, 2.75) is 26.3 Å². The normalized spacial score (nSPS) is 12.2. The number of halogens is 1. The number of likely N-dealkylation sites (N-methyl/N-ethyl adjacent to an activating group) is 1. The summed E-state index contributed by atoms with van der Waals surface area (Å²) in [6.07, 6.45) is 0.440. The van der Waals surface area contributed by atoms with Gasteiger partial charge in [-0.2, -0.15) is 0 Å².